The van der Waals surface area contributed by atoms with Crippen LogP contribution in [0.5, 0.6) is 0 Å². The van der Waals surface area contributed by atoms with Gasteiger partial charge in [0.1, 0.15) is 0 Å². The highest BCUT2D eigenvalue weighted by Crippen LogP contribution is 2.22. The van der Waals surface area contributed by atoms with Crippen molar-refractivity contribution in [3.8, 4) is 0 Å². The Labute approximate surface area is 103 Å². The van der Waals surface area contributed by atoms with Crippen LogP contribution in [0.1, 0.15) is 5.56 Å². The molecule has 1 fully saturated rings. The lowest BCUT2D eigenvalue weighted by Gasteiger charge is -2.30. The average molecular weight is 235 g/mol. The van der Waals surface area contributed by atoms with E-state index in [0.717, 1.165) is 37.6 Å². The topological polar surface area (TPSA) is 50.5 Å². The smallest absolute Gasteiger partial charge is 0.0874 e. The molecule has 94 valence electrons. The molecule has 0 saturated carbocycles. The van der Waals surface area contributed by atoms with Crippen LogP contribution in [0.25, 0.3) is 0 Å². The van der Waals surface area contributed by atoms with Gasteiger partial charge in [0.15, 0.2) is 0 Å². The zero-order chi connectivity index (χ0) is 12.3. The van der Waals surface area contributed by atoms with Gasteiger partial charge in [0.25, 0.3) is 0 Å². The zero-order valence-electron chi connectivity index (χ0n) is 10.6. The number of nitrogens with two attached hydrogens (primary N) is 1. The SMILES string of the molecule is Cc1cccc(N)c1NCC1CN(C)CCO1. The summed E-state index contributed by atoms with van der Waals surface area (Å²) >= 11 is 0. The molecule has 0 radical (unpaired) electrons. The van der Waals surface area contributed by atoms with E-state index in [4.69, 9.17) is 10.5 Å². The molecule has 1 aromatic carbocycles. The van der Waals surface area contributed by atoms with Crippen LogP contribution in [0.2, 0.25) is 0 Å². The van der Waals surface area contributed by atoms with Gasteiger partial charge in [-0.3, -0.25) is 0 Å². The first kappa shape index (κ1) is 12.2. The van der Waals surface area contributed by atoms with Crippen LogP contribution in [0.15, 0.2) is 18.2 Å². The third-order valence-electron chi connectivity index (χ3n) is 3.15. The fourth-order valence-corrected chi connectivity index (χ4v) is 2.14. The van der Waals surface area contributed by atoms with Gasteiger partial charge in [-0.05, 0) is 25.6 Å². The predicted molar refractivity (Wildman–Crippen MR) is 71.3 cm³/mol. The molecule has 0 spiro atoms. The first-order valence-corrected chi connectivity index (χ1v) is 6.06. The van der Waals surface area contributed by atoms with Crippen LogP contribution in [0.4, 0.5) is 11.4 Å². The molecule has 2 rings (SSSR count). The van der Waals surface area contributed by atoms with Crippen molar-refractivity contribution in [2.45, 2.75) is 13.0 Å². The Morgan fingerprint density at radius 2 is 2.35 bits per heavy atom. The van der Waals surface area contributed by atoms with Crippen molar-refractivity contribution in [1.82, 2.24) is 4.90 Å². The maximum absolute atomic E-state index is 5.95. The molecule has 4 heteroatoms. The summed E-state index contributed by atoms with van der Waals surface area (Å²) < 4.78 is 5.70. The standard InChI is InChI=1S/C13H21N3O/c1-10-4-3-5-12(14)13(10)15-8-11-9-16(2)6-7-17-11/h3-5,11,15H,6-9,14H2,1-2H3. The number of morpholine rings is 1. The van der Waals surface area contributed by atoms with E-state index in [2.05, 4.69) is 30.3 Å². The summed E-state index contributed by atoms with van der Waals surface area (Å²) in [5, 5.41) is 3.39. The molecule has 1 aliphatic heterocycles. The predicted octanol–water partition coefficient (Wildman–Crippen LogP) is 1.32. The third kappa shape index (κ3) is 3.11. The Balaban J connectivity index is 1.93. The summed E-state index contributed by atoms with van der Waals surface area (Å²) in [5.74, 6) is 0. The number of nitrogens with zero attached hydrogens (tertiary/aromatic N) is 1. The van der Waals surface area contributed by atoms with Gasteiger partial charge >= 0.3 is 0 Å². The maximum atomic E-state index is 5.95. The van der Waals surface area contributed by atoms with Gasteiger partial charge in [-0.2, -0.15) is 0 Å². The first-order valence-electron chi connectivity index (χ1n) is 6.06. The minimum atomic E-state index is 0.243. The summed E-state index contributed by atoms with van der Waals surface area (Å²) in [6.45, 7) is 5.67. The molecule has 0 amide bonds. The summed E-state index contributed by atoms with van der Waals surface area (Å²) in [4.78, 5) is 2.29. The summed E-state index contributed by atoms with van der Waals surface area (Å²) in [6.07, 6.45) is 0.243. The van der Waals surface area contributed by atoms with E-state index in [1.807, 2.05) is 12.1 Å². The van der Waals surface area contributed by atoms with Crippen molar-refractivity contribution in [3.05, 3.63) is 23.8 Å². The fourth-order valence-electron chi connectivity index (χ4n) is 2.14. The number of benzene rings is 1. The first-order chi connectivity index (χ1) is 8.16. The van der Waals surface area contributed by atoms with Crippen molar-refractivity contribution < 1.29 is 4.74 Å². The number of hydrogen-bond acceptors (Lipinski definition) is 4. The maximum Gasteiger partial charge on any atom is 0.0874 e. The van der Waals surface area contributed by atoms with Crippen LogP contribution in [-0.2, 0) is 4.74 Å². The second kappa shape index (κ2) is 5.38. The molecule has 1 atom stereocenters. The van der Waals surface area contributed by atoms with Gasteiger partial charge < -0.3 is 20.7 Å². The van der Waals surface area contributed by atoms with Crippen molar-refractivity contribution >= 4 is 11.4 Å². The Morgan fingerprint density at radius 3 is 3.06 bits per heavy atom. The minimum absolute atomic E-state index is 0.243. The molecule has 0 aromatic heterocycles. The Kier molecular flexibility index (Phi) is 3.86. The molecule has 1 unspecified atom stereocenters. The van der Waals surface area contributed by atoms with Gasteiger partial charge in [0, 0.05) is 19.6 Å². The molecule has 4 nitrogen and oxygen atoms in total. The van der Waals surface area contributed by atoms with Crippen molar-refractivity contribution in [1.29, 1.82) is 0 Å². The molecule has 3 N–H and O–H groups in total. The summed E-state index contributed by atoms with van der Waals surface area (Å²) in [7, 11) is 2.12. The van der Waals surface area contributed by atoms with Crippen molar-refractivity contribution in [2.75, 3.05) is 44.3 Å². The quantitative estimate of drug-likeness (QED) is 0.776. The lowest BCUT2D eigenvalue weighted by atomic mass is 10.1. The highest BCUT2D eigenvalue weighted by Gasteiger charge is 2.17. The number of para-hydroxylation sites is 1. The van der Waals surface area contributed by atoms with Gasteiger partial charge in [-0.15, -0.1) is 0 Å². The van der Waals surface area contributed by atoms with E-state index >= 15 is 0 Å². The van der Waals surface area contributed by atoms with Gasteiger partial charge in [0.2, 0.25) is 0 Å². The van der Waals surface area contributed by atoms with Crippen LogP contribution >= 0.6 is 0 Å². The zero-order valence-corrected chi connectivity index (χ0v) is 10.6. The molecular weight excluding hydrogens is 214 g/mol. The van der Waals surface area contributed by atoms with E-state index in [-0.39, 0.29) is 6.10 Å². The lowest BCUT2D eigenvalue weighted by Crippen LogP contribution is -2.43. The van der Waals surface area contributed by atoms with Gasteiger partial charge in [-0.25, -0.2) is 0 Å². The monoisotopic (exact) mass is 235 g/mol. The van der Waals surface area contributed by atoms with E-state index < -0.39 is 0 Å². The van der Waals surface area contributed by atoms with Crippen LogP contribution < -0.4 is 11.1 Å². The number of ether oxygens (including phenoxy) is 1. The normalized spacial score (nSPS) is 21.4. The summed E-state index contributed by atoms with van der Waals surface area (Å²) in [5.41, 5.74) is 8.96. The molecule has 1 heterocycles. The second-order valence-electron chi connectivity index (χ2n) is 4.68. The number of likely N-dealkylation sites (N-methyl/N-ethyl adjacent to an activating group) is 1. The largest absolute Gasteiger partial charge is 0.397 e. The lowest BCUT2D eigenvalue weighted by molar-refractivity contribution is -0.0117. The molecule has 0 bridgehead atoms. The fraction of sp³-hybridized carbons (Fsp3) is 0.538. The van der Waals surface area contributed by atoms with E-state index in [0.29, 0.717) is 0 Å². The molecule has 17 heavy (non-hydrogen) atoms. The number of rotatable bonds is 3. The molecule has 0 aliphatic carbocycles. The highest BCUT2D eigenvalue weighted by molar-refractivity contribution is 5.69. The van der Waals surface area contributed by atoms with Gasteiger partial charge in [-0.1, -0.05) is 12.1 Å². The highest BCUT2D eigenvalue weighted by atomic mass is 16.5. The molecule has 1 aromatic rings. The number of aryl methyl sites for hydroxylation is 1. The summed E-state index contributed by atoms with van der Waals surface area (Å²) in [6, 6.07) is 5.95. The van der Waals surface area contributed by atoms with Crippen LogP contribution in [0.3, 0.4) is 0 Å². The van der Waals surface area contributed by atoms with E-state index in [1.54, 1.807) is 0 Å². The minimum Gasteiger partial charge on any atom is -0.397 e. The van der Waals surface area contributed by atoms with E-state index in [1.165, 1.54) is 5.56 Å². The number of hydrogen-bond donors (Lipinski definition) is 2. The number of nitrogens with one attached hydrogen (secondary N) is 1. The average Bonchev–Trinajstić information content (AvgIpc) is 2.28. The Hall–Kier alpha value is -1.26. The number of anilines is 2. The van der Waals surface area contributed by atoms with Crippen LogP contribution in [0, 0.1) is 6.92 Å². The third-order valence-corrected chi connectivity index (χ3v) is 3.15. The Bertz CT molecular complexity index is 361. The van der Waals surface area contributed by atoms with Crippen molar-refractivity contribution in [3.63, 3.8) is 0 Å². The van der Waals surface area contributed by atoms with Gasteiger partial charge in [0.05, 0.1) is 24.1 Å². The molecular formula is C13H21N3O. The van der Waals surface area contributed by atoms with E-state index in [9.17, 15) is 0 Å². The molecule has 1 aliphatic rings. The second-order valence-corrected chi connectivity index (χ2v) is 4.68. The Morgan fingerprint density at radius 1 is 1.53 bits per heavy atom. The molecule has 1 saturated heterocycles. The van der Waals surface area contributed by atoms with Crippen LogP contribution in [-0.4, -0.2) is 44.3 Å². The number of nitrogen functional groups attached to an aromatic ring is 1. The van der Waals surface area contributed by atoms with Crippen molar-refractivity contribution in [2.24, 2.45) is 0 Å².